The highest BCUT2D eigenvalue weighted by Gasteiger charge is 2.12. The highest BCUT2D eigenvalue weighted by atomic mass is 32.2. The Morgan fingerprint density at radius 3 is 2.62 bits per heavy atom. The molecular weight excluding hydrogens is 278 g/mol. The van der Waals surface area contributed by atoms with Gasteiger partial charge in [0, 0.05) is 24.5 Å². The highest BCUT2D eigenvalue weighted by molar-refractivity contribution is 7.96. The van der Waals surface area contributed by atoms with Crippen LogP contribution in [0, 0.1) is 0 Å². The summed E-state index contributed by atoms with van der Waals surface area (Å²) in [4.78, 5) is 0. The van der Waals surface area contributed by atoms with Gasteiger partial charge in [-0.1, -0.05) is 30.7 Å². The molecule has 21 heavy (non-hydrogen) atoms. The number of benzene rings is 1. The highest BCUT2D eigenvalue weighted by Crippen LogP contribution is 2.25. The molecule has 0 bridgehead atoms. The quantitative estimate of drug-likeness (QED) is 0.594. The summed E-state index contributed by atoms with van der Waals surface area (Å²) >= 11 is 1.94. The summed E-state index contributed by atoms with van der Waals surface area (Å²) in [6.45, 7) is 12.9. The van der Waals surface area contributed by atoms with Crippen LogP contribution >= 0.6 is 11.9 Å². The first-order valence-electron chi connectivity index (χ1n) is 7.40. The van der Waals surface area contributed by atoms with E-state index in [0.29, 0.717) is 6.54 Å². The number of nitrogens with one attached hydrogen (secondary N) is 1. The van der Waals surface area contributed by atoms with Gasteiger partial charge in [-0.2, -0.15) is 0 Å². The summed E-state index contributed by atoms with van der Waals surface area (Å²) in [7, 11) is 0. The van der Waals surface area contributed by atoms with Gasteiger partial charge in [0.1, 0.15) is 0 Å². The van der Waals surface area contributed by atoms with Gasteiger partial charge >= 0.3 is 0 Å². The average Bonchev–Trinajstić information content (AvgIpc) is 3.03. The van der Waals surface area contributed by atoms with Crippen molar-refractivity contribution in [1.29, 1.82) is 0 Å². The Kier molecular flexibility index (Phi) is 8.90. The summed E-state index contributed by atoms with van der Waals surface area (Å²) in [5.41, 5.74) is 9.45. The number of rotatable bonds is 7. The molecule has 1 aliphatic heterocycles. The van der Waals surface area contributed by atoms with Crippen LogP contribution in [0.5, 0.6) is 0 Å². The summed E-state index contributed by atoms with van der Waals surface area (Å²) in [5, 5.41) is 3.18. The fraction of sp³-hybridized carbons (Fsp3) is 0.412. The van der Waals surface area contributed by atoms with Crippen molar-refractivity contribution >= 4 is 17.6 Å². The number of anilines is 1. The Morgan fingerprint density at radius 1 is 1.29 bits per heavy atom. The molecule has 0 saturated carbocycles. The van der Waals surface area contributed by atoms with Crippen molar-refractivity contribution in [3.63, 3.8) is 0 Å². The minimum absolute atomic E-state index is 0.675. The molecule has 1 aliphatic rings. The molecule has 2 rings (SSSR count). The zero-order chi connectivity index (χ0) is 15.5. The zero-order valence-electron chi connectivity index (χ0n) is 12.8. The molecule has 4 heteroatoms. The first-order valence-corrected chi connectivity index (χ1v) is 8.35. The Hall–Kier alpha value is -1.23. The lowest BCUT2D eigenvalue weighted by atomic mass is 10.1. The third kappa shape index (κ3) is 5.96. The second kappa shape index (κ2) is 10.5. The maximum atomic E-state index is 5.68. The van der Waals surface area contributed by atoms with E-state index in [0.717, 1.165) is 17.9 Å². The van der Waals surface area contributed by atoms with Crippen LogP contribution in [0.15, 0.2) is 44.1 Å². The molecule has 1 saturated heterocycles. The number of hydrogen-bond donors (Lipinski definition) is 2. The third-order valence-corrected chi connectivity index (χ3v) is 4.51. The molecule has 0 atom stereocenters. The van der Waals surface area contributed by atoms with Crippen molar-refractivity contribution < 1.29 is 0 Å². The van der Waals surface area contributed by atoms with Crippen molar-refractivity contribution in [2.24, 2.45) is 5.73 Å². The van der Waals surface area contributed by atoms with Gasteiger partial charge in [0.2, 0.25) is 0 Å². The van der Waals surface area contributed by atoms with Crippen molar-refractivity contribution in [2.75, 3.05) is 25.0 Å². The Balaban J connectivity index is 0.00000106. The van der Waals surface area contributed by atoms with E-state index in [1.807, 2.05) is 11.9 Å². The normalized spacial score (nSPS) is 14.3. The number of hydrogen-bond acceptors (Lipinski definition) is 4. The largest absolute Gasteiger partial charge is 0.362 e. The van der Waals surface area contributed by atoms with Crippen LogP contribution in [0.1, 0.15) is 24.0 Å². The molecule has 1 aromatic carbocycles. The SMILES string of the molecule is C=C.C=CNc1ccc(CSN2CCCC2)cc1CCN. The minimum atomic E-state index is 0.675. The topological polar surface area (TPSA) is 41.3 Å². The van der Waals surface area contributed by atoms with Crippen LogP contribution in [-0.4, -0.2) is 23.9 Å². The molecule has 0 amide bonds. The van der Waals surface area contributed by atoms with E-state index in [1.54, 1.807) is 6.20 Å². The standard InChI is InChI=1S/C15H23N3S.C2H4/c1-2-17-15-6-5-13(11-14(15)7-8-16)12-19-18-9-3-4-10-18;1-2/h2,5-6,11,17H,1,3-4,7-10,12,16H2;1-2H2. The first kappa shape index (κ1) is 17.8. The van der Waals surface area contributed by atoms with Crippen molar-refractivity contribution in [3.05, 3.63) is 55.3 Å². The summed E-state index contributed by atoms with van der Waals surface area (Å²) in [5.74, 6) is 1.05. The van der Waals surface area contributed by atoms with Crippen LogP contribution in [0.2, 0.25) is 0 Å². The van der Waals surface area contributed by atoms with Crippen molar-refractivity contribution in [2.45, 2.75) is 25.0 Å². The third-order valence-electron chi connectivity index (χ3n) is 3.32. The van der Waals surface area contributed by atoms with E-state index in [9.17, 15) is 0 Å². The number of nitrogens with two attached hydrogens (primary N) is 1. The minimum Gasteiger partial charge on any atom is -0.362 e. The lowest BCUT2D eigenvalue weighted by molar-refractivity contribution is 0.586. The Bertz CT molecular complexity index is 428. The summed E-state index contributed by atoms with van der Waals surface area (Å²) < 4.78 is 2.47. The van der Waals surface area contributed by atoms with Crippen LogP contribution < -0.4 is 11.1 Å². The lowest BCUT2D eigenvalue weighted by Crippen LogP contribution is -2.09. The van der Waals surface area contributed by atoms with Crippen LogP contribution in [0.3, 0.4) is 0 Å². The van der Waals surface area contributed by atoms with Gasteiger partial charge < -0.3 is 11.1 Å². The monoisotopic (exact) mass is 305 g/mol. The molecule has 116 valence electrons. The van der Waals surface area contributed by atoms with E-state index in [2.05, 4.69) is 47.6 Å². The maximum Gasteiger partial charge on any atom is 0.0412 e. The van der Waals surface area contributed by atoms with Crippen LogP contribution in [-0.2, 0) is 12.2 Å². The maximum absolute atomic E-state index is 5.68. The summed E-state index contributed by atoms with van der Waals surface area (Å²) in [6, 6.07) is 6.59. The lowest BCUT2D eigenvalue weighted by Gasteiger charge is -2.15. The van der Waals surface area contributed by atoms with Crippen molar-refractivity contribution in [3.8, 4) is 0 Å². The molecule has 0 radical (unpaired) electrons. The fourth-order valence-electron chi connectivity index (χ4n) is 2.33. The van der Waals surface area contributed by atoms with Gasteiger partial charge in [0.15, 0.2) is 0 Å². The predicted octanol–water partition coefficient (Wildman–Crippen LogP) is 3.79. The van der Waals surface area contributed by atoms with Crippen LogP contribution in [0.25, 0.3) is 0 Å². The van der Waals surface area contributed by atoms with Gasteiger partial charge in [-0.05, 0) is 49.2 Å². The second-order valence-corrected chi connectivity index (χ2v) is 5.85. The van der Waals surface area contributed by atoms with Crippen molar-refractivity contribution in [1.82, 2.24) is 4.31 Å². The van der Waals surface area contributed by atoms with E-state index in [-0.39, 0.29) is 0 Å². The van der Waals surface area contributed by atoms with Gasteiger partial charge in [0.25, 0.3) is 0 Å². The molecule has 0 spiro atoms. The molecule has 3 nitrogen and oxygen atoms in total. The van der Waals surface area contributed by atoms with Gasteiger partial charge in [0.05, 0.1) is 0 Å². The van der Waals surface area contributed by atoms with E-state index < -0.39 is 0 Å². The van der Waals surface area contributed by atoms with Gasteiger partial charge in [-0.25, -0.2) is 0 Å². The van der Waals surface area contributed by atoms with E-state index in [4.69, 9.17) is 5.73 Å². The molecule has 0 aromatic heterocycles. The zero-order valence-corrected chi connectivity index (χ0v) is 13.6. The molecule has 1 heterocycles. The Morgan fingerprint density at radius 2 is 2.00 bits per heavy atom. The van der Waals surface area contributed by atoms with E-state index >= 15 is 0 Å². The molecule has 0 aliphatic carbocycles. The van der Waals surface area contributed by atoms with E-state index in [1.165, 1.54) is 37.1 Å². The molecule has 0 unspecified atom stereocenters. The molecule has 1 fully saturated rings. The predicted molar refractivity (Wildman–Crippen MR) is 96.4 cm³/mol. The van der Waals surface area contributed by atoms with Gasteiger partial charge in [-0.3, -0.25) is 4.31 Å². The average molecular weight is 305 g/mol. The second-order valence-electron chi connectivity index (χ2n) is 4.79. The molecule has 3 N–H and O–H groups in total. The fourth-order valence-corrected chi connectivity index (χ4v) is 3.36. The first-order chi connectivity index (χ1) is 10.3. The van der Waals surface area contributed by atoms with Crippen LogP contribution in [0.4, 0.5) is 5.69 Å². The number of nitrogens with zero attached hydrogens (tertiary/aromatic N) is 1. The van der Waals surface area contributed by atoms with Gasteiger partial charge in [-0.15, -0.1) is 13.2 Å². The molecule has 1 aromatic rings. The smallest absolute Gasteiger partial charge is 0.0412 e. The Labute approximate surface area is 133 Å². The molecular formula is C17H27N3S. The summed E-state index contributed by atoms with van der Waals surface area (Å²) in [6.07, 6.45) is 5.30.